The minimum absolute atomic E-state index is 0.397. The predicted octanol–water partition coefficient (Wildman–Crippen LogP) is 2.97. The Morgan fingerprint density at radius 2 is 1.68 bits per heavy atom. The molecule has 0 aromatic heterocycles. The Balaban J connectivity index is 1.79. The van der Waals surface area contributed by atoms with Gasteiger partial charge in [0.2, 0.25) is 0 Å². The van der Waals surface area contributed by atoms with Crippen molar-refractivity contribution in [2.75, 3.05) is 13.1 Å². The van der Waals surface area contributed by atoms with Crippen LogP contribution >= 0.6 is 0 Å². The van der Waals surface area contributed by atoms with Gasteiger partial charge in [-0.2, -0.15) is 0 Å². The van der Waals surface area contributed by atoms with Crippen molar-refractivity contribution in [1.29, 1.82) is 0 Å². The first-order chi connectivity index (χ1) is 9.28. The quantitative estimate of drug-likeness (QED) is 0.903. The van der Waals surface area contributed by atoms with Gasteiger partial charge in [0, 0.05) is 11.6 Å². The minimum Gasteiger partial charge on any atom is -0.328 e. The average Bonchev–Trinajstić information content (AvgIpc) is 2.98. The predicted molar refractivity (Wildman–Crippen MR) is 80.1 cm³/mol. The Labute approximate surface area is 117 Å². The molecule has 2 aliphatic rings. The average molecular weight is 258 g/mol. The van der Waals surface area contributed by atoms with Crippen molar-refractivity contribution < 1.29 is 0 Å². The third-order valence-electron chi connectivity index (χ3n) is 5.11. The molecule has 1 saturated heterocycles. The summed E-state index contributed by atoms with van der Waals surface area (Å²) < 4.78 is 0. The molecule has 0 bridgehead atoms. The van der Waals surface area contributed by atoms with Crippen LogP contribution in [-0.2, 0) is 6.42 Å². The summed E-state index contributed by atoms with van der Waals surface area (Å²) in [5.74, 6) is 0. The fourth-order valence-electron chi connectivity index (χ4n) is 3.95. The van der Waals surface area contributed by atoms with E-state index in [4.69, 9.17) is 5.73 Å². The van der Waals surface area contributed by atoms with Crippen LogP contribution in [0.25, 0.3) is 0 Å². The van der Waals surface area contributed by atoms with Crippen LogP contribution in [0, 0.1) is 0 Å². The van der Waals surface area contributed by atoms with Crippen LogP contribution in [0.1, 0.15) is 44.1 Å². The SMILES string of the molecule is NC1CCC(Cc2ccccc2)(N2CCCC2)CC1. The molecule has 1 heterocycles. The summed E-state index contributed by atoms with van der Waals surface area (Å²) in [7, 11) is 0. The Morgan fingerprint density at radius 3 is 2.32 bits per heavy atom. The number of likely N-dealkylation sites (tertiary alicyclic amines) is 1. The first kappa shape index (κ1) is 13.1. The molecule has 1 aromatic carbocycles. The zero-order chi connectivity index (χ0) is 13.1. The van der Waals surface area contributed by atoms with E-state index in [2.05, 4.69) is 35.2 Å². The standard InChI is InChI=1S/C17H26N2/c18-16-8-10-17(11-9-16,19-12-4-5-13-19)14-15-6-2-1-3-7-15/h1-3,6-7,16H,4-5,8-14,18H2. The Kier molecular flexibility index (Phi) is 3.90. The minimum atomic E-state index is 0.397. The Hall–Kier alpha value is -0.860. The molecule has 2 heteroatoms. The van der Waals surface area contributed by atoms with Crippen LogP contribution in [0.3, 0.4) is 0 Å². The number of nitrogens with zero attached hydrogens (tertiary/aromatic N) is 1. The molecule has 0 unspecified atom stereocenters. The molecule has 3 rings (SSSR count). The van der Waals surface area contributed by atoms with Gasteiger partial charge in [0.15, 0.2) is 0 Å². The number of rotatable bonds is 3. The lowest BCUT2D eigenvalue weighted by Crippen LogP contribution is -2.52. The van der Waals surface area contributed by atoms with Crippen LogP contribution < -0.4 is 5.73 Å². The highest BCUT2D eigenvalue weighted by Crippen LogP contribution is 2.38. The molecule has 1 aliphatic heterocycles. The molecule has 19 heavy (non-hydrogen) atoms. The molecule has 1 aromatic rings. The van der Waals surface area contributed by atoms with Crippen LogP contribution in [-0.4, -0.2) is 29.6 Å². The van der Waals surface area contributed by atoms with Crippen LogP contribution in [0.2, 0.25) is 0 Å². The monoisotopic (exact) mass is 258 g/mol. The van der Waals surface area contributed by atoms with E-state index in [1.807, 2.05) is 0 Å². The fraction of sp³-hybridized carbons (Fsp3) is 0.647. The van der Waals surface area contributed by atoms with Gasteiger partial charge in [-0.3, -0.25) is 4.90 Å². The van der Waals surface area contributed by atoms with E-state index < -0.39 is 0 Å². The summed E-state index contributed by atoms with van der Waals surface area (Å²) >= 11 is 0. The molecular formula is C17H26N2. The first-order valence-corrected chi connectivity index (χ1v) is 7.83. The van der Waals surface area contributed by atoms with Crippen LogP contribution in [0.15, 0.2) is 30.3 Å². The molecule has 0 spiro atoms. The van der Waals surface area contributed by atoms with Gasteiger partial charge in [-0.05, 0) is 63.6 Å². The van der Waals surface area contributed by atoms with E-state index >= 15 is 0 Å². The molecule has 2 fully saturated rings. The number of hydrogen-bond acceptors (Lipinski definition) is 2. The van der Waals surface area contributed by atoms with Crippen molar-refractivity contribution in [2.45, 2.75) is 56.5 Å². The molecule has 104 valence electrons. The van der Waals surface area contributed by atoms with E-state index in [0.717, 1.165) is 0 Å². The van der Waals surface area contributed by atoms with E-state index in [-0.39, 0.29) is 0 Å². The van der Waals surface area contributed by atoms with E-state index in [9.17, 15) is 0 Å². The van der Waals surface area contributed by atoms with Crippen molar-refractivity contribution in [3.8, 4) is 0 Å². The van der Waals surface area contributed by atoms with Crippen LogP contribution in [0.4, 0.5) is 0 Å². The van der Waals surface area contributed by atoms with Crippen molar-refractivity contribution >= 4 is 0 Å². The largest absolute Gasteiger partial charge is 0.328 e. The zero-order valence-electron chi connectivity index (χ0n) is 11.9. The summed E-state index contributed by atoms with van der Waals surface area (Å²) in [5.41, 5.74) is 8.02. The molecule has 1 saturated carbocycles. The maximum Gasteiger partial charge on any atom is 0.0251 e. The third-order valence-corrected chi connectivity index (χ3v) is 5.11. The second-order valence-corrected chi connectivity index (χ2v) is 6.42. The zero-order valence-corrected chi connectivity index (χ0v) is 11.9. The number of nitrogens with two attached hydrogens (primary N) is 1. The number of hydrogen-bond donors (Lipinski definition) is 1. The summed E-state index contributed by atoms with van der Waals surface area (Å²) in [6.07, 6.45) is 8.92. The van der Waals surface area contributed by atoms with Gasteiger partial charge in [-0.25, -0.2) is 0 Å². The third kappa shape index (κ3) is 2.85. The maximum atomic E-state index is 6.13. The molecular weight excluding hydrogens is 232 g/mol. The van der Waals surface area contributed by atoms with Crippen molar-refractivity contribution in [2.24, 2.45) is 5.73 Å². The fourth-order valence-corrected chi connectivity index (χ4v) is 3.95. The summed E-state index contributed by atoms with van der Waals surface area (Å²) in [4.78, 5) is 2.77. The smallest absolute Gasteiger partial charge is 0.0251 e. The van der Waals surface area contributed by atoms with Gasteiger partial charge in [-0.1, -0.05) is 30.3 Å². The van der Waals surface area contributed by atoms with Gasteiger partial charge < -0.3 is 5.73 Å². The van der Waals surface area contributed by atoms with Gasteiger partial charge in [-0.15, -0.1) is 0 Å². The summed E-state index contributed by atoms with van der Waals surface area (Å²) in [5, 5.41) is 0. The number of benzene rings is 1. The topological polar surface area (TPSA) is 29.3 Å². The highest BCUT2D eigenvalue weighted by molar-refractivity contribution is 5.19. The molecule has 0 amide bonds. The van der Waals surface area contributed by atoms with Crippen LogP contribution in [0.5, 0.6) is 0 Å². The lowest BCUT2D eigenvalue weighted by atomic mass is 9.74. The Bertz CT molecular complexity index is 387. The van der Waals surface area contributed by atoms with Crippen molar-refractivity contribution in [1.82, 2.24) is 4.90 Å². The van der Waals surface area contributed by atoms with Gasteiger partial charge >= 0.3 is 0 Å². The highest BCUT2D eigenvalue weighted by atomic mass is 15.2. The maximum absolute atomic E-state index is 6.13. The lowest BCUT2D eigenvalue weighted by molar-refractivity contribution is 0.0673. The normalized spacial score (nSPS) is 32.6. The summed E-state index contributed by atoms with van der Waals surface area (Å²) in [6.45, 7) is 2.59. The van der Waals surface area contributed by atoms with Gasteiger partial charge in [0.25, 0.3) is 0 Å². The Morgan fingerprint density at radius 1 is 1.05 bits per heavy atom. The van der Waals surface area contributed by atoms with Crippen molar-refractivity contribution in [3.05, 3.63) is 35.9 Å². The molecule has 0 atom stereocenters. The van der Waals surface area contributed by atoms with Gasteiger partial charge in [0.05, 0.1) is 0 Å². The second-order valence-electron chi connectivity index (χ2n) is 6.42. The highest BCUT2D eigenvalue weighted by Gasteiger charge is 2.40. The molecule has 2 N–H and O–H groups in total. The first-order valence-electron chi connectivity index (χ1n) is 7.83. The van der Waals surface area contributed by atoms with E-state index in [1.165, 1.54) is 63.6 Å². The molecule has 2 nitrogen and oxygen atoms in total. The molecule has 1 aliphatic carbocycles. The second kappa shape index (κ2) is 5.64. The molecule has 0 radical (unpaired) electrons. The van der Waals surface area contributed by atoms with E-state index in [1.54, 1.807) is 0 Å². The van der Waals surface area contributed by atoms with E-state index in [0.29, 0.717) is 11.6 Å². The lowest BCUT2D eigenvalue weighted by Gasteiger charge is -2.46. The summed E-state index contributed by atoms with van der Waals surface area (Å²) in [6, 6.07) is 11.5. The van der Waals surface area contributed by atoms with Gasteiger partial charge in [0.1, 0.15) is 0 Å². The van der Waals surface area contributed by atoms with Crippen molar-refractivity contribution in [3.63, 3.8) is 0 Å².